The molecule has 1 heterocycles. The number of carbonyl (C=O) groups is 1. The molecule has 1 aromatic heterocycles. The van der Waals surface area contributed by atoms with Crippen molar-refractivity contribution < 1.29 is 9.32 Å². The van der Waals surface area contributed by atoms with Gasteiger partial charge >= 0.3 is 0 Å². The summed E-state index contributed by atoms with van der Waals surface area (Å²) in [6.45, 7) is 6.31. The smallest absolute Gasteiger partial charge is 0.273 e. The number of carbonyl (C=O) groups excluding carboxylic acids is 1. The maximum atomic E-state index is 12.3. The average molecular weight is 354 g/mol. The Bertz CT molecular complexity index is 712. The van der Waals surface area contributed by atoms with E-state index in [1.54, 1.807) is 6.07 Å². The molecular formula is C22H30N2O2. The minimum absolute atomic E-state index is 0.123. The predicted molar refractivity (Wildman–Crippen MR) is 104 cm³/mol. The van der Waals surface area contributed by atoms with Crippen LogP contribution >= 0.6 is 0 Å². The second kappa shape index (κ2) is 8.52. The van der Waals surface area contributed by atoms with Crippen LogP contribution in [-0.2, 0) is 0 Å². The van der Waals surface area contributed by atoms with Crippen LogP contribution in [0.3, 0.4) is 0 Å². The average Bonchev–Trinajstić information content (AvgIpc) is 3.12. The van der Waals surface area contributed by atoms with Crippen molar-refractivity contribution in [3.05, 3.63) is 41.6 Å². The van der Waals surface area contributed by atoms with Crippen molar-refractivity contribution in [1.82, 2.24) is 10.5 Å². The Balaban J connectivity index is 1.64. The Morgan fingerprint density at radius 1 is 1.15 bits per heavy atom. The van der Waals surface area contributed by atoms with Gasteiger partial charge in [0.05, 0.1) is 0 Å². The molecule has 26 heavy (non-hydrogen) atoms. The highest BCUT2D eigenvalue weighted by atomic mass is 16.5. The van der Waals surface area contributed by atoms with Crippen LogP contribution in [-0.4, -0.2) is 17.1 Å². The zero-order chi connectivity index (χ0) is 18.5. The molecule has 1 atom stereocenters. The fraction of sp³-hybridized carbons (Fsp3) is 0.545. The normalized spacial score (nSPS) is 16.6. The third-order valence-corrected chi connectivity index (χ3v) is 5.22. The Kier molecular flexibility index (Phi) is 6.12. The molecule has 0 spiro atoms. The highest BCUT2D eigenvalue weighted by Gasteiger charge is 2.18. The summed E-state index contributed by atoms with van der Waals surface area (Å²) in [4.78, 5) is 12.3. The zero-order valence-electron chi connectivity index (χ0n) is 16.1. The maximum Gasteiger partial charge on any atom is 0.273 e. The number of hydrogen-bond donors (Lipinski definition) is 1. The number of benzene rings is 1. The molecule has 0 saturated heterocycles. The molecule has 4 heteroatoms. The van der Waals surface area contributed by atoms with Gasteiger partial charge < -0.3 is 9.84 Å². The number of amides is 1. The van der Waals surface area contributed by atoms with E-state index in [0.29, 0.717) is 23.3 Å². The quantitative estimate of drug-likeness (QED) is 0.739. The lowest BCUT2D eigenvalue weighted by molar-refractivity contribution is 0.0927. The van der Waals surface area contributed by atoms with E-state index >= 15 is 0 Å². The van der Waals surface area contributed by atoms with Crippen LogP contribution in [0.15, 0.2) is 34.9 Å². The van der Waals surface area contributed by atoms with E-state index in [1.807, 2.05) is 6.92 Å². The summed E-state index contributed by atoms with van der Waals surface area (Å²) in [5, 5.41) is 6.93. The fourth-order valence-electron chi connectivity index (χ4n) is 3.94. The molecule has 2 aromatic rings. The third-order valence-electron chi connectivity index (χ3n) is 5.22. The number of hydrogen-bond acceptors (Lipinski definition) is 3. The van der Waals surface area contributed by atoms with E-state index in [4.69, 9.17) is 4.52 Å². The molecule has 4 nitrogen and oxygen atoms in total. The monoisotopic (exact) mass is 354 g/mol. The van der Waals surface area contributed by atoms with Crippen molar-refractivity contribution in [2.75, 3.05) is 0 Å². The van der Waals surface area contributed by atoms with Gasteiger partial charge in [0.2, 0.25) is 0 Å². The van der Waals surface area contributed by atoms with Crippen LogP contribution in [0.25, 0.3) is 11.3 Å². The summed E-state index contributed by atoms with van der Waals surface area (Å²) in [5.74, 6) is 1.70. The molecule has 0 bridgehead atoms. The number of rotatable bonds is 6. The van der Waals surface area contributed by atoms with Gasteiger partial charge in [-0.3, -0.25) is 4.79 Å². The Morgan fingerprint density at radius 2 is 1.85 bits per heavy atom. The van der Waals surface area contributed by atoms with Gasteiger partial charge in [-0.1, -0.05) is 62.5 Å². The van der Waals surface area contributed by atoms with Crippen molar-refractivity contribution in [2.45, 2.75) is 71.3 Å². The third kappa shape index (κ3) is 4.75. The van der Waals surface area contributed by atoms with Crippen LogP contribution in [0.4, 0.5) is 0 Å². The summed E-state index contributed by atoms with van der Waals surface area (Å²) >= 11 is 0. The summed E-state index contributed by atoms with van der Waals surface area (Å²) < 4.78 is 5.41. The minimum Gasteiger partial charge on any atom is -0.355 e. The Morgan fingerprint density at radius 3 is 2.50 bits per heavy atom. The van der Waals surface area contributed by atoms with Gasteiger partial charge in [-0.25, -0.2) is 0 Å². The second-order valence-corrected chi connectivity index (χ2v) is 8.04. The van der Waals surface area contributed by atoms with E-state index in [2.05, 4.69) is 48.6 Å². The SMILES string of the molecule is CC(C)C[C@H](C)NC(=O)c1cc(-c2ccc(C3CCCCC3)cc2)on1. The van der Waals surface area contributed by atoms with Crippen molar-refractivity contribution >= 4 is 5.91 Å². The lowest BCUT2D eigenvalue weighted by Crippen LogP contribution is -2.33. The molecule has 1 saturated carbocycles. The van der Waals surface area contributed by atoms with E-state index in [1.165, 1.54) is 37.7 Å². The standard InChI is InChI=1S/C22H30N2O2/c1-15(2)13-16(3)23-22(25)20-14-21(26-24-20)19-11-9-18(10-12-19)17-7-5-4-6-8-17/h9-12,14-17H,4-8,13H2,1-3H3,(H,23,25)/t16-/m0/s1. The first-order valence-corrected chi connectivity index (χ1v) is 9.91. The van der Waals surface area contributed by atoms with Crippen LogP contribution in [0.1, 0.15) is 81.3 Å². The molecule has 1 aromatic carbocycles. The van der Waals surface area contributed by atoms with E-state index in [9.17, 15) is 4.79 Å². The summed E-state index contributed by atoms with van der Waals surface area (Å²) in [7, 11) is 0. The molecule has 1 amide bonds. The highest BCUT2D eigenvalue weighted by molar-refractivity contribution is 5.93. The van der Waals surface area contributed by atoms with Crippen molar-refractivity contribution in [3.8, 4) is 11.3 Å². The van der Waals surface area contributed by atoms with Crippen LogP contribution < -0.4 is 5.32 Å². The molecule has 3 rings (SSSR count). The van der Waals surface area contributed by atoms with Gasteiger partial charge in [0.25, 0.3) is 5.91 Å². The van der Waals surface area contributed by atoms with Gasteiger partial charge in [0.15, 0.2) is 11.5 Å². The van der Waals surface area contributed by atoms with Gasteiger partial charge in [0.1, 0.15) is 0 Å². The van der Waals surface area contributed by atoms with Crippen molar-refractivity contribution in [1.29, 1.82) is 0 Å². The Labute approximate surface area is 156 Å². The van der Waals surface area contributed by atoms with Crippen LogP contribution in [0.2, 0.25) is 0 Å². The largest absolute Gasteiger partial charge is 0.355 e. The molecule has 1 N–H and O–H groups in total. The first-order chi connectivity index (χ1) is 12.5. The molecule has 1 aliphatic rings. The van der Waals surface area contributed by atoms with Gasteiger partial charge in [-0.15, -0.1) is 0 Å². The molecule has 140 valence electrons. The van der Waals surface area contributed by atoms with E-state index in [-0.39, 0.29) is 11.9 Å². The maximum absolute atomic E-state index is 12.3. The number of nitrogens with one attached hydrogen (secondary N) is 1. The van der Waals surface area contributed by atoms with Crippen molar-refractivity contribution in [3.63, 3.8) is 0 Å². The first-order valence-electron chi connectivity index (χ1n) is 9.91. The van der Waals surface area contributed by atoms with Crippen LogP contribution in [0.5, 0.6) is 0 Å². The lowest BCUT2D eigenvalue weighted by atomic mass is 9.84. The summed E-state index contributed by atoms with van der Waals surface area (Å²) in [6.07, 6.45) is 7.57. The molecule has 0 unspecified atom stereocenters. The molecule has 1 aliphatic carbocycles. The summed E-state index contributed by atoms with van der Waals surface area (Å²) in [5.41, 5.74) is 2.71. The van der Waals surface area contributed by atoms with E-state index < -0.39 is 0 Å². The minimum atomic E-state index is -0.174. The lowest BCUT2D eigenvalue weighted by Gasteiger charge is -2.21. The van der Waals surface area contributed by atoms with Gasteiger partial charge in [0, 0.05) is 17.7 Å². The molecule has 1 fully saturated rings. The van der Waals surface area contributed by atoms with E-state index in [0.717, 1.165) is 12.0 Å². The Hall–Kier alpha value is -2.10. The molecule has 0 radical (unpaired) electrons. The first kappa shape index (κ1) is 18.7. The number of nitrogens with zero attached hydrogens (tertiary/aromatic N) is 1. The topological polar surface area (TPSA) is 55.1 Å². The fourth-order valence-corrected chi connectivity index (χ4v) is 3.94. The predicted octanol–water partition coefficient (Wildman–Crippen LogP) is 5.55. The molecular weight excluding hydrogens is 324 g/mol. The van der Waals surface area contributed by atoms with Gasteiger partial charge in [-0.2, -0.15) is 0 Å². The van der Waals surface area contributed by atoms with Gasteiger partial charge in [-0.05, 0) is 43.6 Å². The molecule has 0 aliphatic heterocycles. The zero-order valence-corrected chi connectivity index (χ0v) is 16.1. The highest BCUT2D eigenvalue weighted by Crippen LogP contribution is 2.33. The summed E-state index contributed by atoms with van der Waals surface area (Å²) in [6, 6.07) is 10.4. The second-order valence-electron chi connectivity index (χ2n) is 8.04. The van der Waals surface area contributed by atoms with Crippen LogP contribution in [0, 0.1) is 5.92 Å². The number of aromatic nitrogens is 1. The van der Waals surface area contributed by atoms with Crippen molar-refractivity contribution in [2.24, 2.45) is 5.92 Å².